The first kappa shape index (κ1) is 13.6. The fraction of sp³-hybridized carbons (Fsp3) is 0.909. The highest BCUT2D eigenvalue weighted by Gasteiger charge is 2.20. The van der Waals surface area contributed by atoms with Gasteiger partial charge in [0.25, 0.3) is 0 Å². The topological polar surface area (TPSA) is 38.3 Å². The lowest BCUT2D eigenvalue weighted by molar-refractivity contribution is -0.116. The summed E-state index contributed by atoms with van der Waals surface area (Å²) in [7, 11) is 1.90. The molecule has 14 heavy (non-hydrogen) atoms. The van der Waals surface area contributed by atoms with Gasteiger partial charge in [-0.05, 0) is 27.3 Å². The van der Waals surface area contributed by atoms with Crippen LogP contribution in [0.3, 0.4) is 0 Å². The van der Waals surface area contributed by atoms with E-state index in [-0.39, 0.29) is 11.0 Å². The second kappa shape index (κ2) is 5.47. The van der Waals surface area contributed by atoms with Gasteiger partial charge in [0.1, 0.15) is 6.29 Å². The lowest BCUT2D eigenvalue weighted by Gasteiger charge is -2.27. The van der Waals surface area contributed by atoms with Crippen LogP contribution in [0.2, 0.25) is 0 Å². The summed E-state index contributed by atoms with van der Waals surface area (Å²) in [6.07, 6.45) is 1.76. The summed E-state index contributed by atoms with van der Waals surface area (Å²) in [5.41, 5.74) is -0.427. The zero-order valence-electron chi connectivity index (χ0n) is 10.0. The van der Waals surface area contributed by atoms with Gasteiger partial charge in [-0.3, -0.25) is 0 Å². The summed E-state index contributed by atoms with van der Waals surface area (Å²) in [4.78, 5) is 10.6. The molecule has 0 atom stereocenters. The molecular formula is C11H23NO2. The third-order valence-electron chi connectivity index (χ3n) is 2.16. The van der Waals surface area contributed by atoms with Crippen molar-refractivity contribution in [1.82, 2.24) is 5.32 Å². The summed E-state index contributed by atoms with van der Waals surface area (Å²) in [5, 5.41) is 3.08. The Morgan fingerprint density at radius 2 is 1.86 bits per heavy atom. The average molecular weight is 201 g/mol. The maximum absolute atomic E-state index is 10.6. The third kappa shape index (κ3) is 6.11. The standard InChI is InChI=1S/C11H23NO2/c1-10(2,9-13)6-7-14-11(3,4)8-12-5/h9,12H,6-8H2,1-5H3. The maximum atomic E-state index is 10.6. The number of nitrogens with one attached hydrogen (secondary N) is 1. The number of likely N-dealkylation sites (N-methyl/N-ethyl adjacent to an activating group) is 1. The van der Waals surface area contributed by atoms with Gasteiger partial charge in [0, 0.05) is 18.6 Å². The number of hydrogen-bond acceptors (Lipinski definition) is 3. The molecule has 3 heteroatoms. The fourth-order valence-corrected chi connectivity index (χ4v) is 1.13. The van der Waals surface area contributed by atoms with Gasteiger partial charge in [-0.25, -0.2) is 0 Å². The van der Waals surface area contributed by atoms with Crippen molar-refractivity contribution >= 4 is 6.29 Å². The Morgan fingerprint density at radius 3 is 2.29 bits per heavy atom. The highest BCUT2D eigenvalue weighted by atomic mass is 16.5. The zero-order chi connectivity index (χ0) is 11.2. The Morgan fingerprint density at radius 1 is 1.29 bits per heavy atom. The Bertz CT molecular complexity index is 176. The van der Waals surface area contributed by atoms with Crippen LogP contribution in [0, 0.1) is 5.41 Å². The van der Waals surface area contributed by atoms with Crippen molar-refractivity contribution in [3.63, 3.8) is 0 Å². The molecule has 0 saturated carbocycles. The van der Waals surface area contributed by atoms with E-state index in [4.69, 9.17) is 4.74 Å². The van der Waals surface area contributed by atoms with Gasteiger partial charge in [0.2, 0.25) is 0 Å². The van der Waals surface area contributed by atoms with E-state index in [0.29, 0.717) is 6.61 Å². The van der Waals surface area contributed by atoms with E-state index in [1.165, 1.54) is 0 Å². The van der Waals surface area contributed by atoms with Crippen molar-refractivity contribution in [1.29, 1.82) is 0 Å². The summed E-state index contributed by atoms with van der Waals surface area (Å²) in [5.74, 6) is 0. The molecule has 3 nitrogen and oxygen atoms in total. The second-order valence-corrected chi connectivity index (χ2v) is 4.99. The van der Waals surface area contributed by atoms with Gasteiger partial charge < -0.3 is 14.8 Å². The fourth-order valence-electron chi connectivity index (χ4n) is 1.13. The van der Waals surface area contributed by atoms with Crippen molar-refractivity contribution in [2.75, 3.05) is 20.2 Å². The van der Waals surface area contributed by atoms with Crippen LogP contribution in [0.5, 0.6) is 0 Å². The number of hydrogen-bond donors (Lipinski definition) is 1. The maximum Gasteiger partial charge on any atom is 0.125 e. The molecule has 0 aromatic rings. The van der Waals surface area contributed by atoms with Gasteiger partial charge in [-0.2, -0.15) is 0 Å². The molecular weight excluding hydrogens is 178 g/mol. The molecule has 0 fully saturated rings. The van der Waals surface area contributed by atoms with Crippen LogP contribution in [-0.2, 0) is 9.53 Å². The molecule has 0 rings (SSSR count). The Balaban J connectivity index is 3.78. The van der Waals surface area contributed by atoms with Gasteiger partial charge in [0.15, 0.2) is 0 Å². The Kier molecular flexibility index (Phi) is 5.31. The van der Waals surface area contributed by atoms with Crippen LogP contribution in [0.25, 0.3) is 0 Å². The third-order valence-corrected chi connectivity index (χ3v) is 2.16. The van der Waals surface area contributed by atoms with E-state index >= 15 is 0 Å². The SMILES string of the molecule is CNCC(C)(C)OCCC(C)(C)C=O. The second-order valence-electron chi connectivity index (χ2n) is 4.99. The van der Waals surface area contributed by atoms with Crippen molar-refractivity contribution in [2.45, 2.75) is 39.7 Å². The van der Waals surface area contributed by atoms with Gasteiger partial charge in [-0.1, -0.05) is 13.8 Å². The van der Waals surface area contributed by atoms with E-state index in [0.717, 1.165) is 19.3 Å². The molecule has 0 unspecified atom stereocenters. The summed E-state index contributed by atoms with van der Waals surface area (Å²) in [6.45, 7) is 9.37. The van der Waals surface area contributed by atoms with Crippen LogP contribution in [0.15, 0.2) is 0 Å². The van der Waals surface area contributed by atoms with Crippen molar-refractivity contribution in [2.24, 2.45) is 5.41 Å². The average Bonchev–Trinajstić information content (AvgIpc) is 2.03. The van der Waals surface area contributed by atoms with Crippen molar-refractivity contribution in [3.8, 4) is 0 Å². The predicted molar refractivity (Wildman–Crippen MR) is 58.4 cm³/mol. The van der Waals surface area contributed by atoms with Crippen LogP contribution < -0.4 is 5.32 Å². The molecule has 1 N–H and O–H groups in total. The first-order valence-corrected chi connectivity index (χ1v) is 5.08. The molecule has 0 aliphatic carbocycles. The molecule has 0 aliphatic heterocycles. The lowest BCUT2D eigenvalue weighted by Crippen LogP contribution is -2.37. The number of rotatable bonds is 7. The predicted octanol–water partition coefficient (Wildman–Crippen LogP) is 1.62. The van der Waals surface area contributed by atoms with Crippen LogP contribution >= 0.6 is 0 Å². The molecule has 0 radical (unpaired) electrons. The van der Waals surface area contributed by atoms with E-state index in [9.17, 15) is 4.79 Å². The van der Waals surface area contributed by atoms with E-state index < -0.39 is 0 Å². The Labute approximate surface area is 87.2 Å². The van der Waals surface area contributed by atoms with Crippen LogP contribution in [0.1, 0.15) is 34.1 Å². The molecule has 0 heterocycles. The highest BCUT2D eigenvalue weighted by molar-refractivity contribution is 5.57. The number of carbonyl (C=O) groups excluding carboxylic acids is 1. The van der Waals surface area contributed by atoms with Crippen molar-refractivity contribution in [3.05, 3.63) is 0 Å². The normalized spacial score (nSPS) is 12.9. The van der Waals surface area contributed by atoms with Gasteiger partial charge >= 0.3 is 0 Å². The molecule has 0 aromatic carbocycles. The van der Waals surface area contributed by atoms with Crippen LogP contribution in [0.4, 0.5) is 0 Å². The smallest absolute Gasteiger partial charge is 0.125 e. The quantitative estimate of drug-likeness (QED) is 0.636. The van der Waals surface area contributed by atoms with E-state index in [2.05, 4.69) is 5.32 Å². The largest absolute Gasteiger partial charge is 0.374 e. The number of carbonyl (C=O) groups is 1. The molecule has 0 aromatic heterocycles. The molecule has 0 spiro atoms. The van der Waals surface area contributed by atoms with Crippen molar-refractivity contribution < 1.29 is 9.53 Å². The zero-order valence-corrected chi connectivity index (χ0v) is 10.0. The first-order chi connectivity index (χ1) is 6.33. The van der Waals surface area contributed by atoms with Gasteiger partial charge in [-0.15, -0.1) is 0 Å². The van der Waals surface area contributed by atoms with E-state index in [1.54, 1.807) is 0 Å². The summed E-state index contributed by atoms with van der Waals surface area (Å²) in [6, 6.07) is 0. The van der Waals surface area contributed by atoms with Gasteiger partial charge in [0.05, 0.1) is 5.60 Å². The first-order valence-electron chi connectivity index (χ1n) is 5.08. The lowest BCUT2D eigenvalue weighted by atomic mass is 9.92. The summed E-state index contributed by atoms with van der Waals surface area (Å²) >= 11 is 0. The van der Waals surface area contributed by atoms with Crippen LogP contribution in [-0.4, -0.2) is 32.1 Å². The Hall–Kier alpha value is -0.410. The minimum atomic E-state index is -0.268. The summed E-state index contributed by atoms with van der Waals surface area (Å²) < 4.78 is 5.69. The molecule has 0 amide bonds. The minimum absolute atomic E-state index is 0.159. The van der Waals surface area contributed by atoms with E-state index in [1.807, 2.05) is 34.7 Å². The number of ether oxygens (including phenoxy) is 1. The monoisotopic (exact) mass is 201 g/mol. The highest BCUT2D eigenvalue weighted by Crippen LogP contribution is 2.18. The molecule has 0 bridgehead atoms. The number of aldehydes is 1. The molecule has 84 valence electrons. The molecule has 0 aliphatic rings. The molecule has 0 saturated heterocycles. The minimum Gasteiger partial charge on any atom is -0.374 e.